The summed E-state index contributed by atoms with van der Waals surface area (Å²) < 4.78 is 27.8. The summed E-state index contributed by atoms with van der Waals surface area (Å²) in [6, 6.07) is 0. The Hall–Kier alpha value is -0.380. The third-order valence-corrected chi connectivity index (χ3v) is 6.03. The smallest absolute Gasteiger partial charge is 0.222 e. The molecule has 4 atom stereocenters. The fourth-order valence-electron chi connectivity index (χ4n) is 3.78. The van der Waals surface area contributed by atoms with Crippen LogP contribution in [0.4, 0.5) is 0 Å². The lowest BCUT2D eigenvalue weighted by molar-refractivity contribution is -0.163. The summed E-state index contributed by atoms with van der Waals surface area (Å²) in [6.07, 6.45) is 8.61. The molecule has 0 heterocycles. The largest absolute Gasteiger partial charge is 0.382 e. The van der Waals surface area contributed by atoms with Crippen LogP contribution < -0.4 is 0 Å². The van der Waals surface area contributed by atoms with Gasteiger partial charge >= 0.3 is 0 Å². The monoisotopic (exact) mass is 465 g/mol. The number of rotatable bonds is 21. The molecule has 1 amide bonds. The zero-order valence-electron chi connectivity index (χ0n) is 20.6. The van der Waals surface area contributed by atoms with Gasteiger partial charge in [0.1, 0.15) is 24.4 Å². The molecule has 0 rings (SSSR count). The second-order valence-corrected chi connectivity index (χ2v) is 8.43. The first-order valence-electron chi connectivity index (χ1n) is 11.5. The molecule has 0 saturated heterocycles. The lowest BCUT2D eigenvalue weighted by atomic mass is 10.0. The molecular weight excluding hydrogens is 418 g/mol. The number of thiol groups is 1. The molecule has 0 spiro atoms. The summed E-state index contributed by atoms with van der Waals surface area (Å²) in [5.41, 5.74) is 0. The van der Waals surface area contributed by atoms with Crippen molar-refractivity contribution in [3.8, 4) is 0 Å². The summed E-state index contributed by atoms with van der Waals surface area (Å²) in [4.78, 5) is 14.3. The predicted molar refractivity (Wildman–Crippen MR) is 128 cm³/mol. The molecule has 186 valence electrons. The maximum atomic E-state index is 12.6. The molecule has 0 aliphatic carbocycles. The lowest BCUT2D eigenvalue weighted by Crippen LogP contribution is -2.53. The van der Waals surface area contributed by atoms with Crippen LogP contribution in [-0.4, -0.2) is 96.7 Å². The number of hydrogen-bond acceptors (Lipinski definition) is 7. The van der Waals surface area contributed by atoms with Gasteiger partial charge in [0.2, 0.25) is 5.91 Å². The summed E-state index contributed by atoms with van der Waals surface area (Å²) >= 11 is 4.24. The molecule has 0 radical (unpaired) electrons. The number of likely N-dealkylation sites (N-methyl/N-ethyl adjacent to an activating group) is 1. The average molecular weight is 466 g/mol. The maximum Gasteiger partial charge on any atom is 0.222 e. The van der Waals surface area contributed by atoms with E-state index in [1.807, 2.05) is 7.05 Å². The van der Waals surface area contributed by atoms with Gasteiger partial charge < -0.3 is 28.6 Å². The number of methoxy groups -OCH3 is 5. The van der Waals surface area contributed by atoms with Crippen molar-refractivity contribution in [2.24, 2.45) is 0 Å². The molecule has 0 aliphatic heterocycles. The number of hydrogen-bond donors (Lipinski definition) is 1. The molecule has 0 aromatic heterocycles. The molecule has 0 bridgehead atoms. The summed E-state index contributed by atoms with van der Waals surface area (Å²) in [7, 11) is 9.89. The second kappa shape index (κ2) is 20.2. The van der Waals surface area contributed by atoms with E-state index in [4.69, 9.17) is 23.7 Å². The number of amides is 1. The summed E-state index contributed by atoms with van der Waals surface area (Å²) in [6.45, 7) is 0.789. The minimum absolute atomic E-state index is 0.125. The highest BCUT2D eigenvalue weighted by molar-refractivity contribution is 7.80. The van der Waals surface area contributed by atoms with E-state index in [-0.39, 0.29) is 18.1 Å². The van der Waals surface area contributed by atoms with E-state index in [0.717, 1.165) is 18.6 Å². The Bertz CT molecular complexity index is 429. The van der Waals surface area contributed by atoms with E-state index >= 15 is 0 Å². The molecule has 0 aromatic rings. The van der Waals surface area contributed by atoms with Crippen molar-refractivity contribution >= 4 is 18.5 Å². The van der Waals surface area contributed by atoms with Crippen LogP contribution in [0.3, 0.4) is 0 Å². The van der Waals surface area contributed by atoms with Crippen LogP contribution in [-0.2, 0) is 28.5 Å². The van der Waals surface area contributed by atoms with Crippen LogP contribution in [0.5, 0.6) is 0 Å². The summed E-state index contributed by atoms with van der Waals surface area (Å²) in [5.74, 6) is 1.11. The maximum absolute atomic E-state index is 12.6. The Labute approximate surface area is 195 Å². The SMILES string of the molecule is COCC(OC)C(OC)C(OC)C(CN(C)C(=O)CCCCCCCCCCS)OC. The van der Waals surface area contributed by atoms with Crippen molar-refractivity contribution in [1.29, 1.82) is 0 Å². The van der Waals surface area contributed by atoms with Crippen molar-refractivity contribution in [2.75, 3.05) is 61.5 Å². The van der Waals surface area contributed by atoms with Gasteiger partial charge in [0.15, 0.2) is 0 Å². The molecule has 8 heteroatoms. The predicted octanol–water partition coefficient (Wildman–Crippen LogP) is 3.59. The van der Waals surface area contributed by atoms with Gasteiger partial charge in [0.25, 0.3) is 0 Å². The third-order valence-electron chi connectivity index (χ3n) is 5.72. The fourth-order valence-corrected chi connectivity index (χ4v) is 4.00. The van der Waals surface area contributed by atoms with Gasteiger partial charge in [-0.2, -0.15) is 12.6 Å². The van der Waals surface area contributed by atoms with Crippen molar-refractivity contribution in [1.82, 2.24) is 4.90 Å². The topological polar surface area (TPSA) is 66.5 Å². The molecule has 4 unspecified atom stereocenters. The highest BCUT2D eigenvalue weighted by Crippen LogP contribution is 2.18. The molecule has 0 saturated carbocycles. The Balaban J connectivity index is 4.48. The lowest BCUT2D eigenvalue weighted by Gasteiger charge is -2.36. The van der Waals surface area contributed by atoms with E-state index < -0.39 is 12.2 Å². The van der Waals surface area contributed by atoms with Crippen LogP contribution in [0.15, 0.2) is 0 Å². The first kappa shape index (κ1) is 30.6. The van der Waals surface area contributed by atoms with E-state index in [1.165, 1.54) is 38.5 Å². The van der Waals surface area contributed by atoms with Crippen LogP contribution in [0.2, 0.25) is 0 Å². The van der Waals surface area contributed by atoms with Crippen molar-refractivity contribution < 1.29 is 28.5 Å². The van der Waals surface area contributed by atoms with Gasteiger partial charge in [-0.25, -0.2) is 0 Å². The highest BCUT2D eigenvalue weighted by Gasteiger charge is 2.37. The van der Waals surface area contributed by atoms with Crippen molar-refractivity contribution in [3.05, 3.63) is 0 Å². The van der Waals surface area contributed by atoms with Crippen molar-refractivity contribution in [3.63, 3.8) is 0 Å². The third kappa shape index (κ3) is 13.0. The standard InChI is InChI=1S/C23H47NO6S/c1-24(21(25)15-13-11-9-7-8-10-12-14-16-31)17-19(27-3)22(29-5)23(30-6)20(28-4)18-26-2/h19-20,22-23,31H,7-18H2,1-6H3. The Morgan fingerprint density at radius 1 is 0.742 bits per heavy atom. The van der Waals surface area contributed by atoms with Gasteiger partial charge in [-0.05, 0) is 18.6 Å². The first-order chi connectivity index (χ1) is 15.0. The number of carbonyl (C=O) groups is 1. The van der Waals surface area contributed by atoms with E-state index in [2.05, 4.69) is 12.6 Å². The fraction of sp³-hybridized carbons (Fsp3) is 0.957. The number of unbranched alkanes of at least 4 members (excludes halogenated alkanes) is 7. The van der Waals surface area contributed by atoms with Crippen LogP contribution >= 0.6 is 12.6 Å². The van der Waals surface area contributed by atoms with Gasteiger partial charge in [0, 0.05) is 55.6 Å². The molecule has 0 aliphatic rings. The Morgan fingerprint density at radius 2 is 1.23 bits per heavy atom. The normalized spacial score (nSPS) is 15.5. The van der Waals surface area contributed by atoms with Crippen molar-refractivity contribution in [2.45, 2.75) is 82.2 Å². The van der Waals surface area contributed by atoms with E-state index in [9.17, 15) is 4.79 Å². The number of nitrogens with zero attached hydrogens (tertiary/aromatic N) is 1. The minimum Gasteiger partial charge on any atom is -0.382 e. The molecule has 7 nitrogen and oxygen atoms in total. The van der Waals surface area contributed by atoms with Gasteiger partial charge in [0.05, 0.1) is 6.61 Å². The zero-order chi connectivity index (χ0) is 23.5. The molecule has 0 aromatic carbocycles. The van der Waals surface area contributed by atoms with E-state index in [1.54, 1.807) is 40.4 Å². The van der Waals surface area contributed by atoms with Crippen LogP contribution in [0.25, 0.3) is 0 Å². The molecular formula is C23H47NO6S. The Kier molecular flexibility index (Phi) is 20.0. The number of carbonyl (C=O) groups excluding carboxylic acids is 1. The summed E-state index contributed by atoms with van der Waals surface area (Å²) in [5, 5.41) is 0. The number of ether oxygens (including phenoxy) is 5. The van der Waals surface area contributed by atoms with Gasteiger partial charge in [-0.3, -0.25) is 4.79 Å². The highest BCUT2D eigenvalue weighted by atomic mass is 32.1. The average Bonchev–Trinajstić information content (AvgIpc) is 2.78. The zero-order valence-corrected chi connectivity index (χ0v) is 21.5. The van der Waals surface area contributed by atoms with E-state index in [0.29, 0.717) is 19.6 Å². The molecule has 0 N–H and O–H groups in total. The minimum atomic E-state index is -0.409. The molecule has 31 heavy (non-hydrogen) atoms. The Morgan fingerprint density at radius 3 is 1.68 bits per heavy atom. The van der Waals surface area contributed by atoms with Crippen LogP contribution in [0.1, 0.15) is 57.8 Å². The first-order valence-corrected chi connectivity index (χ1v) is 12.1. The second-order valence-electron chi connectivity index (χ2n) is 7.98. The van der Waals surface area contributed by atoms with Crippen LogP contribution in [0, 0.1) is 0 Å². The quantitative estimate of drug-likeness (QED) is 0.206. The van der Waals surface area contributed by atoms with Gasteiger partial charge in [-0.1, -0.05) is 38.5 Å². The van der Waals surface area contributed by atoms with Gasteiger partial charge in [-0.15, -0.1) is 0 Å². The molecule has 0 fully saturated rings.